The van der Waals surface area contributed by atoms with Gasteiger partial charge in [0, 0.05) is 24.7 Å². The summed E-state index contributed by atoms with van der Waals surface area (Å²) in [5.74, 6) is 0.246. The number of nitrogens with one attached hydrogen (secondary N) is 2. The topological polar surface area (TPSA) is 61.4 Å². The van der Waals surface area contributed by atoms with Gasteiger partial charge in [-0.1, -0.05) is 6.42 Å². The van der Waals surface area contributed by atoms with E-state index in [4.69, 9.17) is 0 Å². The number of fused-ring (bicyclic) bond motifs is 1. The molecule has 0 bridgehead atoms. The second-order valence-corrected chi connectivity index (χ2v) is 7.99. The fourth-order valence-electron chi connectivity index (χ4n) is 3.83. The lowest BCUT2D eigenvalue weighted by Gasteiger charge is -2.32. The summed E-state index contributed by atoms with van der Waals surface area (Å²) >= 11 is 0. The Hall–Kier alpha value is -0.170. The fraction of sp³-hybridized carbons (Fsp3) is 1.00. The molecular weight excluding hydrogens is 262 g/mol. The molecule has 6 heteroatoms. The highest BCUT2D eigenvalue weighted by molar-refractivity contribution is 7.89. The molecule has 5 nitrogen and oxygen atoms in total. The summed E-state index contributed by atoms with van der Waals surface area (Å²) in [7, 11) is -3.14. The van der Waals surface area contributed by atoms with Crippen LogP contribution < -0.4 is 10.0 Å². The van der Waals surface area contributed by atoms with E-state index in [0.29, 0.717) is 6.04 Å². The molecule has 110 valence electrons. The molecule has 19 heavy (non-hydrogen) atoms. The lowest BCUT2D eigenvalue weighted by atomic mass is 10.00. The fourth-order valence-corrected chi connectivity index (χ4v) is 5.47. The Morgan fingerprint density at radius 3 is 2.79 bits per heavy atom. The summed E-state index contributed by atoms with van der Waals surface area (Å²) in [6.45, 7) is 3.16. The Labute approximate surface area is 116 Å². The van der Waals surface area contributed by atoms with Gasteiger partial charge >= 0.3 is 0 Å². The second-order valence-electron chi connectivity index (χ2n) is 6.19. The molecule has 0 aromatic heterocycles. The Kier molecular flexibility index (Phi) is 4.12. The number of piperidine rings is 1. The van der Waals surface area contributed by atoms with Gasteiger partial charge in [-0.2, -0.15) is 0 Å². The van der Waals surface area contributed by atoms with Gasteiger partial charge in [-0.25, -0.2) is 13.1 Å². The van der Waals surface area contributed by atoms with Gasteiger partial charge in [0.2, 0.25) is 10.0 Å². The van der Waals surface area contributed by atoms with Gasteiger partial charge < -0.3 is 5.32 Å². The highest BCUT2D eigenvalue weighted by atomic mass is 32.2. The molecule has 0 aromatic carbocycles. The largest absolute Gasteiger partial charge is 0.313 e. The van der Waals surface area contributed by atoms with Crippen LogP contribution in [-0.2, 0) is 10.0 Å². The van der Waals surface area contributed by atoms with Gasteiger partial charge in [0.25, 0.3) is 0 Å². The molecule has 3 rings (SSSR count). The lowest BCUT2D eigenvalue weighted by molar-refractivity contribution is 0.186. The Morgan fingerprint density at radius 2 is 2.00 bits per heavy atom. The molecule has 3 aliphatic heterocycles. The van der Waals surface area contributed by atoms with Crippen molar-refractivity contribution in [3.63, 3.8) is 0 Å². The van der Waals surface area contributed by atoms with Crippen molar-refractivity contribution in [2.75, 3.05) is 25.4 Å². The Balaban J connectivity index is 1.57. The number of nitrogens with zero attached hydrogens (tertiary/aromatic N) is 1. The monoisotopic (exact) mass is 287 g/mol. The van der Waals surface area contributed by atoms with Crippen molar-refractivity contribution in [3.8, 4) is 0 Å². The zero-order chi connectivity index (χ0) is 13.3. The highest BCUT2D eigenvalue weighted by Crippen LogP contribution is 2.27. The second kappa shape index (κ2) is 5.68. The van der Waals surface area contributed by atoms with Crippen molar-refractivity contribution in [1.82, 2.24) is 14.9 Å². The van der Waals surface area contributed by atoms with Gasteiger partial charge in [0.05, 0.1) is 5.75 Å². The maximum Gasteiger partial charge on any atom is 0.213 e. The summed E-state index contributed by atoms with van der Waals surface area (Å²) in [6.07, 6.45) is 6.71. The average Bonchev–Trinajstić information content (AvgIpc) is 2.99. The quantitative estimate of drug-likeness (QED) is 0.780. The summed E-state index contributed by atoms with van der Waals surface area (Å²) in [4.78, 5) is 2.46. The van der Waals surface area contributed by atoms with Crippen LogP contribution in [0.15, 0.2) is 0 Å². The number of hydrogen-bond donors (Lipinski definition) is 2. The first-order valence-corrected chi connectivity index (χ1v) is 9.27. The van der Waals surface area contributed by atoms with Crippen molar-refractivity contribution in [2.45, 2.75) is 56.7 Å². The smallest absolute Gasteiger partial charge is 0.213 e. The van der Waals surface area contributed by atoms with Gasteiger partial charge in [0.15, 0.2) is 0 Å². The first-order valence-electron chi connectivity index (χ1n) is 7.61. The van der Waals surface area contributed by atoms with Crippen LogP contribution in [-0.4, -0.2) is 56.8 Å². The molecule has 0 spiro atoms. The van der Waals surface area contributed by atoms with Crippen molar-refractivity contribution >= 4 is 10.0 Å². The number of hydrogen-bond acceptors (Lipinski definition) is 4. The molecule has 3 fully saturated rings. The van der Waals surface area contributed by atoms with Gasteiger partial charge in [0.1, 0.15) is 0 Å². The van der Waals surface area contributed by atoms with E-state index < -0.39 is 10.0 Å². The van der Waals surface area contributed by atoms with Gasteiger partial charge in [-0.15, -0.1) is 0 Å². The molecule has 2 N–H and O–H groups in total. The third kappa shape index (κ3) is 3.29. The van der Waals surface area contributed by atoms with Crippen LogP contribution in [0.4, 0.5) is 0 Å². The van der Waals surface area contributed by atoms with Crippen LogP contribution in [0.1, 0.15) is 38.5 Å². The maximum absolute atomic E-state index is 12.2. The van der Waals surface area contributed by atoms with E-state index >= 15 is 0 Å². The standard InChI is InChI=1S/C13H25N3O2S/c17-19(18,10-11-4-3-7-14-11)15-12-6-9-16-8-2-1-5-13(12)16/h11-15H,1-10H2. The molecule has 3 aliphatic rings. The molecule has 3 unspecified atom stereocenters. The van der Waals surface area contributed by atoms with Crippen molar-refractivity contribution in [2.24, 2.45) is 0 Å². The van der Waals surface area contributed by atoms with Crippen LogP contribution >= 0.6 is 0 Å². The third-order valence-electron chi connectivity index (χ3n) is 4.77. The summed E-state index contributed by atoms with van der Waals surface area (Å²) in [6, 6.07) is 0.744. The van der Waals surface area contributed by atoms with E-state index in [0.717, 1.165) is 45.3 Å². The highest BCUT2D eigenvalue weighted by Gasteiger charge is 2.37. The van der Waals surface area contributed by atoms with Crippen LogP contribution in [0.3, 0.4) is 0 Å². The summed E-state index contributed by atoms with van der Waals surface area (Å²) < 4.78 is 27.5. The van der Waals surface area contributed by atoms with E-state index in [9.17, 15) is 8.42 Å². The van der Waals surface area contributed by atoms with Crippen LogP contribution in [0, 0.1) is 0 Å². The van der Waals surface area contributed by atoms with Crippen molar-refractivity contribution in [3.05, 3.63) is 0 Å². The van der Waals surface area contributed by atoms with Gasteiger partial charge in [-0.05, 0) is 45.2 Å². The van der Waals surface area contributed by atoms with Crippen LogP contribution in [0.2, 0.25) is 0 Å². The van der Waals surface area contributed by atoms with E-state index in [1.165, 1.54) is 12.8 Å². The predicted octanol–water partition coefficient (Wildman–Crippen LogP) is 0.285. The lowest BCUT2D eigenvalue weighted by Crippen LogP contribution is -2.48. The van der Waals surface area contributed by atoms with Crippen molar-refractivity contribution < 1.29 is 8.42 Å². The van der Waals surface area contributed by atoms with Crippen molar-refractivity contribution in [1.29, 1.82) is 0 Å². The minimum atomic E-state index is -3.14. The molecule has 0 radical (unpaired) electrons. The molecule has 3 saturated heterocycles. The molecule has 0 aromatic rings. The first-order chi connectivity index (χ1) is 9.14. The summed E-state index contributed by atoms with van der Waals surface area (Å²) in [5, 5.41) is 3.26. The van der Waals surface area contributed by atoms with Gasteiger partial charge in [-0.3, -0.25) is 4.90 Å². The zero-order valence-corrected chi connectivity index (χ0v) is 12.3. The van der Waals surface area contributed by atoms with E-state index in [-0.39, 0.29) is 17.8 Å². The molecule has 3 atom stereocenters. The summed E-state index contributed by atoms with van der Waals surface area (Å²) in [5.41, 5.74) is 0. The average molecular weight is 287 g/mol. The molecule has 3 heterocycles. The number of sulfonamides is 1. The minimum absolute atomic E-state index is 0.145. The SMILES string of the molecule is O=S(=O)(CC1CCCN1)NC1CCN2CCCCC12. The number of rotatable bonds is 4. The third-order valence-corrected chi connectivity index (χ3v) is 6.27. The zero-order valence-electron chi connectivity index (χ0n) is 11.5. The molecule has 0 saturated carbocycles. The van der Waals surface area contributed by atoms with E-state index in [1.807, 2.05) is 0 Å². The van der Waals surface area contributed by atoms with Crippen LogP contribution in [0.25, 0.3) is 0 Å². The first kappa shape index (κ1) is 13.8. The molecular formula is C13H25N3O2S. The Morgan fingerprint density at radius 1 is 1.11 bits per heavy atom. The Bertz CT molecular complexity index is 406. The normalized spacial score (nSPS) is 36.5. The molecule has 0 amide bonds. The molecule has 0 aliphatic carbocycles. The minimum Gasteiger partial charge on any atom is -0.313 e. The maximum atomic E-state index is 12.2. The predicted molar refractivity (Wildman–Crippen MR) is 75.6 cm³/mol. The van der Waals surface area contributed by atoms with Crippen LogP contribution in [0.5, 0.6) is 0 Å². The van der Waals surface area contributed by atoms with E-state index in [2.05, 4.69) is 14.9 Å². The van der Waals surface area contributed by atoms with E-state index in [1.54, 1.807) is 0 Å².